The van der Waals surface area contributed by atoms with E-state index < -0.39 is 34.0 Å². The molecule has 0 bridgehead atoms. The number of benzene rings is 2. The fourth-order valence-electron chi connectivity index (χ4n) is 4.90. The van der Waals surface area contributed by atoms with Gasteiger partial charge in [0.25, 0.3) is 15.9 Å². The van der Waals surface area contributed by atoms with Crippen molar-refractivity contribution in [1.29, 1.82) is 0 Å². The number of imidazole rings is 1. The van der Waals surface area contributed by atoms with Gasteiger partial charge in [-0.1, -0.05) is 83.0 Å². The van der Waals surface area contributed by atoms with Gasteiger partial charge in [-0.3, -0.25) is 4.79 Å². The fourth-order valence-corrected chi connectivity index (χ4v) is 6.65. The molecule has 1 aromatic heterocycles. The van der Waals surface area contributed by atoms with Crippen molar-refractivity contribution in [3.63, 3.8) is 0 Å². The van der Waals surface area contributed by atoms with Crippen molar-refractivity contribution in [1.82, 2.24) is 24.9 Å². The summed E-state index contributed by atoms with van der Waals surface area (Å²) in [4.78, 5) is 43.3. The SMILES string of the molecule is CCCCc1nc(SC)c(C(=O)N[C@H](C(=O)OC)[C@@H](C)CC)n1Cc1ccc(-c2ccccc2S(=O)(=O)NC(=O)NCCC)cc1. The Labute approximate surface area is 276 Å². The number of urea groups is 1. The van der Waals surface area contributed by atoms with E-state index in [1.54, 1.807) is 18.2 Å². The van der Waals surface area contributed by atoms with Gasteiger partial charge < -0.3 is 19.9 Å². The summed E-state index contributed by atoms with van der Waals surface area (Å²) in [5.41, 5.74) is 2.33. The zero-order valence-corrected chi connectivity index (χ0v) is 29.0. The molecule has 1 heterocycles. The number of amides is 3. The smallest absolute Gasteiger partial charge is 0.328 e. The Hall–Kier alpha value is -3.84. The molecule has 0 unspecified atom stereocenters. The number of methoxy groups -OCH3 is 1. The Balaban J connectivity index is 1.98. The largest absolute Gasteiger partial charge is 0.467 e. The number of nitrogens with zero attached hydrogens (tertiary/aromatic N) is 2. The molecule has 0 spiro atoms. The lowest BCUT2D eigenvalue weighted by atomic mass is 9.99. The molecule has 0 saturated heterocycles. The molecule has 0 saturated carbocycles. The molecule has 46 heavy (non-hydrogen) atoms. The number of thioether (sulfide) groups is 1. The Morgan fingerprint density at radius 3 is 2.33 bits per heavy atom. The van der Waals surface area contributed by atoms with Gasteiger partial charge >= 0.3 is 12.0 Å². The topological polar surface area (TPSA) is 148 Å². The van der Waals surface area contributed by atoms with Crippen LogP contribution in [0.2, 0.25) is 0 Å². The molecule has 0 aliphatic carbocycles. The van der Waals surface area contributed by atoms with Gasteiger partial charge in [-0.2, -0.15) is 0 Å². The Morgan fingerprint density at radius 1 is 1.02 bits per heavy atom. The molecule has 3 aromatic rings. The number of carbonyl (C=O) groups excluding carboxylic acids is 3. The first-order valence-electron chi connectivity index (χ1n) is 15.5. The molecule has 11 nitrogen and oxygen atoms in total. The molecule has 13 heteroatoms. The minimum absolute atomic E-state index is 0.0177. The number of hydrogen-bond acceptors (Lipinski definition) is 8. The van der Waals surface area contributed by atoms with Crippen LogP contribution in [-0.4, -0.2) is 61.8 Å². The summed E-state index contributed by atoms with van der Waals surface area (Å²) in [5.74, 6) is -0.269. The molecule has 0 radical (unpaired) electrons. The molecular formula is C33H45N5O6S2. The van der Waals surface area contributed by atoms with Crippen LogP contribution >= 0.6 is 11.8 Å². The molecule has 3 amide bonds. The van der Waals surface area contributed by atoms with E-state index in [0.29, 0.717) is 54.2 Å². The molecule has 0 fully saturated rings. The zero-order chi connectivity index (χ0) is 33.9. The van der Waals surface area contributed by atoms with Crippen molar-refractivity contribution in [2.45, 2.75) is 82.3 Å². The van der Waals surface area contributed by atoms with Gasteiger partial charge in [0.1, 0.15) is 22.6 Å². The minimum atomic E-state index is -4.14. The first-order valence-corrected chi connectivity index (χ1v) is 18.2. The minimum Gasteiger partial charge on any atom is -0.467 e. The number of ether oxygens (including phenoxy) is 1. The summed E-state index contributed by atoms with van der Waals surface area (Å²) in [7, 11) is -2.83. The number of hydrogen-bond donors (Lipinski definition) is 3. The number of aryl methyl sites for hydroxylation is 1. The molecular weight excluding hydrogens is 627 g/mol. The Kier molecular flexibility index (Phi) is 13.7. The second-order valence-electron chi connectivity index (χ2n) is 11.0. The molecule has 2 atom stereocenters. The van der Waals surface area contributed by atoms with Crippen molar-refractivity contribution in [3.8, 4) is 11.1 Å². The van der Waals surface area contributed by atoms with Gasteiger partial charge in [-0.05, 0) is 42.2 Å². The third kappa shape index (κ3) is 9.12. The number of aromatic nitrogens is 2. The van der Waals surface area contributed by atoms with Gasteiger partial charge in [0.15, 0.2) is 0 Å². The summed E-state index contributed by atoms with van der Waals surface area (Å²) in [6.45, 7) is 8.49. The van der Waals surface area contributed by atoms with E-state index >= 15 is 0 Å². The van der Waals surface area contributed by atoms with E-state index in [0.717, 1.165) is 24.2 Å². The van der Waals surface area contributed by atoms with Crippen LogP contribution in [0.1, 0.15) is 75.3 Å². The van der Waals surface area contributed by atoms with E-state index in [-0.39, 0.29) is 10.8 Å². The lowest BCUT2D eigenvalue weighted by molar-refractivity contribution is -0.144. The Morgan fingerprint density at radius 2 is 1.72 bits per heavy atom. The number of unbranched alkanes of at least 4 members (excludes halogenated alkanes) is 1. The molecule has 3 rings (SSSR count). The zero-order valence-electron chi connectivity index (χ0n) is 27.4. The van der Waals surface area contributed by atoms with E-state index in [1.807, 2.05) is 55.9 Å². The number of rotatable bonds is 16. The van der Waals surface area contributed by atoms with Gasteiger partial charge in [-0.15, -0.1) is 11.8 Å². The molecule has 2 aromatic carbocycles. The van der Waals surface area contributed by atoms with Gasteiger partial charge in [0, 0.05) is 25.1 Å². The summed E-state index contributed by atoms with van der Waals surface area (Å²) in [6, 6.07) is 12.3. The quantitative estimate of drug-likeness (QED) is 0.136. The van der Waals surface area contributed by atoms with Crippen LogP contribution in [0.4, 0.5) is 4.79 Å². The maximum atomic E-state index is 13.8. The average Bonchev–Trinajstić information content (AvgIpc) is 3.41. The number of nitrogens with one attached hydrogen (secondary N) is 3. The lowest BCUT2D eigenvalue weighted by Crippen LogP contribution is -2.46. The second kappa shape index (κ2) is 17.2. The van der Waals surface area contributed by atoms with Gasteiger partial charge in [0.05, 0.1) is 12.0 Å². The number of carbonyl (C=O) groups is 3. The van der Waals surface area contributed by atoms with E-state index in [1.165, 1.54) is 24.9 Å². The van der Waals surface area contributed by atoms with E-state index in [9.17, 15) is 22.8 Å². The lowest BCUT2D eigenvalue weighted by Gasteiger charge is -2.22. The van der Waals surface area contributed by atoms with Crippen molar-refractivity contribution in [2.24, 2.45) is 5.92 Å². The van der Waals surface area contributed by atoms with E-state index in [4.69, 9.17) is 9.72 Å². The fraction of sp³-hybridized carbons (Fsp3) is 0.455. The highest BCUT2D eigenvalue weighted by Crippen LogP contribution is 2.29. The van der Waals surface area contributed by atoms with Gasteiger partial charge in [0.2, 0.25) is 0 Å². The maximum Gasteiger partial charge on any atom is 0.328 e. The number of esters is 1. The van der Waals surface area contributed by atoms with Gasteiger partial charge in [-0.25, -0.2) is 27.7 Å². The second-order valence-corrected chi connectivity index (χ2v) is 13.4. The standard InChI is InChI=1S/C33H45N5O6S2/c1-7-10-15-27-35-31(45-6)29(30(39)36-28(22(4)9-3)32(40)44-5)38(27)21-23-16-18-24(19-17-23)25-13-11-12-14-26(25)46(42,43)37-33(41)34-20-8-2/h11-14,16-19,22,28H,7-10,15,20-21H2,1-6H3,(H,36,39)(H2,34,37,41)/t22-,28-/m0/s1. The van der Waals surface area contributed by atoms with Crippen LogP contribution < -0.4 is 15.4 Å². The normalized spacial score (nSPS) is 12.7. The van der Waals surface area contributed by atoms with Crippen molar-refractivity contribution in [2.75, 3.05) is 19.9 Å². The highest BCUT2D eigenvalue weighted by Gasteiger charge is 2.31. The van der Waals surface area contributed by atoms with Crippen LogP contribution in [0.25, 0.3) is 11.1 Å². The van der Waals surface area contributed by atoms with Crippen LogP contribution in [-0.2, 0) is 32.5 Å². The first kappa shape index (κ1) is 36.6. The third-order valence-corrected chi connectivity index (χ3v) is 9.74. The third-order valence-electron chi connectivity index (χ3n) is 7.68. The van der Waals surface area contributed by atoms with E-state index in [2.05, 4.69) is 22.3 Å². The monoisotopic (exact) mass is 671 g/mol. The average molecular weight is 672 g/mol. The summed E-state index contributed by atoms with van der Waals surface area (Å²) in [5, 5.41) is 5.99. The molecule has 250 valence electrons. The van der Waals surface area contributed by atoms with Crippen LogP contribution in [0.3, 0.4) is 0 Å². The summed E-state index contributed by atoms with van der Waals surface area (Å²) >= 11 is 1.37. The molecule has 3 N–H and O–H groups in total. The van der Waals surface area contributed by atoms with Crippen LogP contribution in [0.15, 0.2) is 58.5 Å². The predicted octanol–water partition coefficient (Wildman–Crippen LogP) is 5.38. The molecule has 0 aliphatic rings. The number of sulfonamides is 1. The predicted molar refractivity (Wildman–Crippen MR) is 180 cm³/mol. The highest BCUT2D eigenvalue weighted by atomic mass is 32.2. The van der Waals surface area contributed by atoms with Crippen molar-refractivity contribution >= 4 is 39.7 Å². The maximum absolute atomic E-state index is 13.8. The van der Waals surface area contributed by atoms with Crippen LogP contribution in [0.5, 0.6) is 0 Å². The summed E-state index contributed by atoms with van der Waals surface area (Å²) in [6.07, 6.45) is 5.72. The first-order chi connectivity index (χ1) is 22.0. The summed E-state index contributed by atoms with van der Waals surface area (Å²) < 4.78 is 35.2. The van der Waals surface area contributed by atoms with Crippen molar-refractivity contribution < 1.29 is 27.5 Å². The highest BCUT2D eigenvalue weighted by molar-refractivity contribution is 7.98. The van der Waals surface area contributed by atoms with Crippen LogP contribution in [0, 0.1) is 5.92 Å². The Bertz CT molecular complexity index is 1600. The molecule has 0 aliphatic heterocycles. The van der Waals surface area contributed by atoms with Crippen molar-refractivity contribution in [3.05, 3.63) is 65.6 Å².